The third-order valence-electron chi connectivity index (χ3n) is 2.32. The standard InChI is InChI=1S/C14H15I/c1-5-11-10-13(14(2,3)4)7-6-12(11)8-9-15/h1,6-10H,2-4H3/b9-8+. The van der Waals surface area contributed by atoms with E-state index in [9.17, 15) is 0 Å². The Morgan fingerprint density at radius 2 is 2.00 bits per heavy atom. The van der Waals surface area contributed by atoms with E-state index < -0.39 is 0 Å². The van der Waals surface area contributed by atoms with Crippen LogP contribution in [0.3, 0.4) is 0 Å². The van der Waals surface area contributed by atoms with Crippen LogP contribution in [0, 0.1) is 12.3 Å². The fraction of sp³-hybridized carbons (Fsp3) is 0.286. The van der Waals surface area contributed by atoms with E-state index in [-0.39, 0.29) is 5.41 Å². The maximum Gasteiger partial charge on any atom is 0.0318 e. The average molecular weight is 310 g/mol. The Labute approximate surface area is 106 Å². The molecule has 1 aromatic carbocycles. The van der Waals surface area contributed by atoms with E-state index in [0.717, 1.165) is 11.1 Å². The fourth-order valence-electron chi connectivity index (χ4n) is 1.36. The molecule has 0 aromatic heterocycles. The highest BCUT2D eigenvalue weighted by atomic mass is 127. The molecule has 0 heterocycles. The van der Waals surface area contributed by atoms with Crippen LogP contribution < -0.4 is 0 Å². The van der Waals surface area contributed by atoms with E-state index in [1.54, 1.807) is 0 Å². The maximum atomic E-state index is 5.51. The van der Waals surface area contributed by atoms with E-state index >= 15 is 0 Å². The van der Waals surface area contributed by atoms with Gasteiger partial charge in [0.1, 0.15) is 0 Å². The molecule has 1 rings (SSSR count). The summed E-state index contributed by atoms with van der Waals surface area (Å²) in [7, 11) is 0. The van der Waals surface area contributed by atoms with Gasteiger partial charge in [-0.3, -0.25) is 0 Å². The maximum absolute atomic E-state index is 5.51. The molecule has 0 saturated carbocycles. The van der Waals surface area contributed by atoms with Crippen molar-refractivity contribution in [2.45, 2.75) is 26.2 Å². The summed E-state index contributed by atoms with van der Waals surface area (Å²) in [6, 6.07) is 6.34. The highest BCUT2D eigenvalue weighted by Crippen LogP contribution is 2.25. The number of halogens is 1. The van der Waals surface area contributed by atoms with Crippen molar-refractivity contribution in [3.8, 4) is 12.3 Å². The Bertz CT molecular complexity index is 414. The SMILES string of the molecule is C#Cc1cc(C(C)(C)C)ccc1/C=C/I. The van der Waals surface area contributed by atoms with E-state index in [0.29, 0.717) is 0 Å². The second-order valence-electron chi connectivity index (χ2n) is 4.49. The van der Waals surface area contributed by atoms with Crippen LogP contribution in [0.15, 0.2) is 22.3 Å². The molecule has 1 aromatic rings. The molecule has 0 fully saturated rings. The van der Waals surface area contributed by atoms with Crippen LogP contribution >= 0.6 is 22.6 Å². The third kappa shape index (κ3) is 3.10. The van der Waals surface area contributed by atoms with Gasteiger partial charge in [0, 0.05) is 5.56 Å². The van der Waals surface area contributed by atoms with Gasteiger partial charge in [-0.25, -0.2) is 0 Å². The lowest BCUT2D eigenvalue weighted by molar-refractivity contribution is 0.590. The van der Waals surface area contributed by atoms with Crippen LogP contribution in [0.25, 0.3) is 6.08 Å². The molecule has 0 amide bonds. The van der Waals surface area contributed by atoms with Crippen LogP contribution in [0.2, 0.25) is 0 Å². The van der Waals surface area contributed by atoms with Crippen LogP contribution in [0.4, 0.5) is 0 Å². The summed E-state index contributed by atoms with van der Waals surface area (Å²) in [5.41, 5.74) is 3.51. The Balaban J connectivity index is 3.27. The van der Waals surface area contributed by atoms with Gasteiger partial charge in [0.25, 0.3) is 0 Å². The van der Waals surface area contributed by atoms with Gasteiger partial charge in [-0.2, -0.15) is 0 Å². The van der Waals surface area contributed by atoms with Gasteiger partial charge in [0.15, 0.2) is 0 Å². The lowest BCUT2D eigenvalue weighted by atomic mass is 9.85. The summed E-state index contributed by atoms with van der Waals surface area (Å²) in [5.74, 6) is 2.74. The van der Waals surface area contributed by atoms with Gasteiger partial charge in [0.05, 0.1) is 0 Å². The lowest BCUT2D eigenvalue weighted by Crippen LogP contribution is -2.11. The molecule has 0 aliphatic heterocycles. The Hall–Kier alpha value is -0.750. The minimum Gasteiger partial charge on any atom is -0.115 e. The fourth-order valence-corrected chi connectivity index (χ4v) is 1.75. The van der Waals surface area contributed by atoms with E-state index in [4.69, 9.17) is 6.42 Å². The molecule has 0 atom stereocenters. The molecular formula is C14H15I. The number of hydrogen-bond acceptors (Lipinski definition) is 0. The number of terminal acetylenes is 1. The first kappa shape index (κ1) is 12.3. The molecule has 1 heteroatoms. The summed E-state index contributed by atoms with van der Waals surface area (Å²) in [6.07, 6.45) is 7.54. The summed E-state index contributed by atoms with van der Waals surface area (Å²) < 4.78 is 1.98. The number of rotatable bonds is 1. The molecule has 0 aliphatic carbocycles. The Morgan fingerprint density at radius 3 is 2.47 bits per heavy atom. The van der Waals surface area contributed by atoms with Crippen molar-refractivity contribution < 1.29 is 0 Å². The van der Waals surface area contributed by atoms with Crippen molar-refractivity contribution in [2.75, 3.05) is 0 Å². The first-order chi connectivity index (χ1) is 6.99. The van der Waals surface area contributed by atoms with Crippen molar-refractivity contribution in [1.82, 2.24) is 0 Å². The van der Waals surface area contributed by atoms with Gasteiger partial charge in [-0.15, -0.1) is 6.42 Å². The normalized spacial score (nSPS) is 11.7. The second-order valence-corrected chi connectivity index (χ2v) is 5.21. The highest BCUT2D eigenvalue weighted by Gasteiger charge is 2.14. The summed E-state index contributed by atoms with van der Waals surface area (Å²) in [4.78, 5) is 0. The van der Waals surface area contributed by atoms with E-state index in [1.165, 1.54) is 5.56 Å². The van der Waals surface area contributed by atoms with Gasteiger partial charge >= 0.3 is 0 Å². The second kappa shape index (κ2) is 4.85. The molecule has 15 heavy (non-hydrogen) atoms. The van der Waals surface area contributed by atoms with Crippen LogP contribution in [-0.4, -0.2) is 0 Å². The molecule has 0 unspecified atom stereocenters. The van der Waals surface area contributed by atoms with E-state index in [1.807, 2.05) is 10.2 Å². The zero-order valence-corrected chi connectivity index (χ0v) is 11.5. The monoisotopic (exact) mass is 310 g/mol. The molecule has 0 nitrogen and oxygen atoms in total. The lowest BCUT2D eigenvalue weighted by Gasteiger charge is -2.19. The van der Waals surface area contributed by atoms with Crippen LogP contribution in [0.1, 0.15) is 37.5 Å². The predicted octanol–water partition coefficient (Wildman–Crippen LogP) is 4.37. The van der Waals surface area contributed by atoms with Crippen LogP contribution in [-0.2, 0) is 5.41 Å². The van der Waals surface area contributed by atoms with Crippen molar-refractivity contribution in [1.29, 1.82) is 0 Å². The zero-order valence-electron chi connectivity index (χ0n) is 9.34. The quantitative estimate of drug-likeness (QED) is 0.534. The van der Waals surface area contributed by atoms with Crippen molar-refractivity contribution >= 4 is 28.7 Å². The molecule has 0 bridgehead atoms. The molecule has 0 N–H and O–H groups in total. The van der Waals surface area contributed by atoms with E-state index in [2.05, 4.69) is 67.5 Å². The summed E-state index contributed by atoms with van der Waals surface area (Å²) in [5, 5.41) is 0. The smallest absolute Gasteiger partial charge is 0.0318 e. The molecule has 0 saturated heterocycles. The molecule has 78 valence electrons. The first-order valence-corrected chi connectivity index (χ1v) is 6.11. The minimum atomic E-state index is 0.151. The number of hydrogen-bond donors (Lipinski definition) is 0. The first-order valence-electron chi connectivity index (χ1n) is 4.87. The largest absolute Gasteiger partial charge is 0.115 e. The predicted molar refractivity (Wildman–Crippen MR) is 76.1 cm³/mol. The Morgan fingerprint density at radius 1 is 1.33 bits per heavy atom. The van der Waals surface area contributed by atoms with Gasteiger partial charge < -0.3 is 0 Å². The number of benzene rings is 1. The molecule has 0 spiro atoms. The molecule has 0 aliphatic rings. The molecular weight excluding hydrogens is 295 g/mol. The summed E-state index contributed by atoms with van der Waals surface area (Å²) in [6.45, 7) is 6.57. The topological polar surface area (TPSA) is 0 Å². The van der Waals surface area contributed by atoms with Gasteiger partial charge in [-0.05, 0) is 32.8 Å². The molecule has 0 radical (unpaired) electrons. The van der Waals surface area contributed by atoms with Crippen molar-refractivity contribution in [3.63, 3.8) is 0 Å². The highest BCUT2D eigenvalue weighted by molar-refractivity contribution is 14.1. The van der Waals surface area contributed by atoms with Crippen LogP contribution in [0.5, 0.6) is 0 Å². The van der Waals surface area contributed by atoms with Crippen molar-refractivity contribution in [3.05, 3.63) is 39.0 Å². The summed E-state index contributed by atoms with van der Waals surface area (Å²) >= 11 is 2.20. The third-order valence-corrected chi connectivity index (χ3v) is 2.68. The zero-order chi connectivity index (χ0) is 11.5. The average Bonchev–Trinajstić information content (AvgIpc) is 2.17. The van der Waals surface area contributed by atoms with Crippen molar-refractivity contribution in [2.24, 2.45) is 0 Å². The Kier molecular flexibility index (Phi) is 3.98. The van der Waals surface area contributed by atoms with Gasteiger partial charge in [-0.1, -0.05) is 61.4 Å². The minimum absolute atomic E-state index is 0.151. The van der Waals surface area contributed by atoms with Gasteiger partial charge in [0.2, 0.25) is 0 Å².